The van der Waals surface area contributed by atoms with Crippen LogP contribution in [0.4, 0.5) is 0 Å². The summed E-state index contributed by atoms with van der Waals surface area (Å²) in [4.78, 5) is 13.4. The van der Waals surface area contributed by atoms with Crippen LogP contribution in [0.1, 0.15) is 22.5 Å². The fraction of sp³-hybridized carbons (Fsp3) is 0.133. The van der Waals surface area contributed by atoms with Crippen LogP contribution in [0.15, 0.2) is 45.9 Å². The van der Waals surface area contributed by atoms with Crippen LogP contribution in [0.25, 0.3) is 21.8 Å². The number of carboxylic acids is 1. The van der Waals surface area contributed by atoms with Crippen LogP contribution in [0.2, 0.25) is 0 Å². The predicted molar refractivity (Wildman–Crippen MR) is 76.6 cm³/mol. The smallest absolute Gasteiger partial charge is 0.371 e. The lowest BCUT2D eigenvalue weighted by atomic mass is 10.1. The third-order valence-electron chi connectivity index (χ3n) is 2.62. The second-order valence-electron chi connectivity index (χ2n) is 4.05. The van der Waals surface area contributed by atoms with Gasteiger partial charge in [0.2, 0.25) is 5.76 Å². The molecule has 1 aromatic heterocycles. The van der Waals surface area contributed by atoms with Crippen molar-refractivity contribution in [2.45, 2.75) is 6.42 Å². The van der Waals surface area contributed by atoms with Gasteiger partial charge < -0.3 is 9.52 Å². The van der Waals surface area contributed by atoms with E-state index in [9.17, 15) is 4.79 Å². The Hall–Kier alpha value is -3.16. The summed E-state index contributed by atoms with van der Waals surface area (Å²) in [5.74, 6) is 5.16. The molecule has 6 heteroatoms. The maximum atomic E-state index is 10.8. The molecule has 0 saturated heterocycles. The van der Waals surface area contributed by atoms with Crippen molar-refractivity contribution in [3.8, 4) is 23.2 Å². The number of aromatic carboxylic acids is 1. The van der Waals surface area contributed by atoms with Gasteiger partial charge in [-0.3, -0.25) is 0 Å². The number of hydrogen-bond donors (Lipinski definition) is 1. The van der Waals surface area contributed by atoms with Crippen molar-refractivity contribution in [1.29, 1.82) is 0 Å². The molecule has 6 nitrogen and oxygen atoms in total. The summed E-state index contributed by atoms with van der Waals surface area (Å²) in [7, 11) is 0. The maximum Gasteiger partial charge on any atom is 0.371 e. The van der Waals surface area contributed by atoms with E-state index in [2.05, 4.69) is 21.9 Å². The van der Waals surface area contributed by atoms with Crippen molar-refractivity contribution in [1.82, 2.24) is 0 Å². The number of azide groups is 1. The highest BCUT2D eigenvalue weighted by atomic mass is 16.4. The number of carboxylic acid groups (broad SMARTS) is 1. The highest BCUT2D eigenvalue weighted by Crippen LogP contribution is 2.22. The highest BCUT2D eigenvalue weighted by Gasteiger charge is 2.09. The Morgan fingerprint density at radius 1 is 1.29 bits per heavy atom. The Morgan fingerprint density at radius 3 is 2.67 bits per heavy atom. The zero-order valence-electron chi connectivity index (χ0n) is 11.0. The molecule has 21 heavy (non-hydrogen) atoms. The minimum Gasteiger partial charge on any atom is -0.475 e. The molecule has 0 fully saturated rings. The molecule has 2 rings (SSSR count). The van der Waals surface area contributed by atoms with Crippen LogP contribution in [-0.4, -0.2) is 17.6 Å². The highest BCUT2D eigenvalue weighted by molar-refractivity contribution is 5.85. The van der Waals surface area contributed by atoms with Crippen LogP contribution in [0, 0.1) is 11.8 Å². The number of benzene rings is 1. The molecule has 2 aromatic rings. The van der Waals surface area contributed by atoms with E-state index in [0.29, 0.717) is 18.7 Å². The molecule has 1 heterocycles. The molecule has 0 radical (unpaired) electrons. The first-order chi connectivity index (χ1) is 10.2. The Balaban J connectivity index is 2.07. The predicted octanol–water partition coefficient (Wildman–Crippen LogP) is 3.70. The first-order valence-electron chi connectivity index (χ1n) is 6.14. The lowest BCUT2D eigenvalue weighted by Crippen LogP contribution is -1.91. The molecule has 0 aliphatic rings. The third kappa shape index (κ3) is 3.90. The maximum absolute atomic E-state index is 10.8. The minimum absolute atomic E-state index is 0.0908. The largest absolute Gasteiger partial charge is 0.475 e. The van der Waals surface area contributed by atoms with Gasteiger partial charge in [-0.05, 0) is 29.8 Å². The number of nitrogens with zero attached hydrogens (tertiary/aromatic N) is 3. The van der Waals surface area contributed by atoms with Crippen LogP contribution in [-0.2, 0) is 0 Å². The summed E-state index contributed by atoms with van der Waals surface area (Å²) in [5.41, 5.74) is 9.73. The third-order valence-corrected chi connectivity index (χ3v) is 2.62. The van der Waals surface area contributed by atoms with Gasteiger partial charge in [-0.25, -0.2) is 4.79 Å². The van der Waals surface area contributed by atoms with Gasteiger partial charge in [0.05, 0.1) is 0 Å². The number of rotatable bonds is 4. The summed E-state index contributed by atoms with van der Waals surface area (Å²) >= 11 is 0. The van der Waals surface area contributed by atoms with Gasteiger partial charge in [0.25, 0.3) is 0 Å². The number of furan rings is 1. The van der Waals surface area contributed by atoms with Crippen LogP contribution >= 0.6 is 0 Å². The Labute approximate surface area is 120 Å². The van der Waals surface area contributed by atoms with Gasteiger partial charge in [0.1, 0.15) is 5.76 Å². The summed E-state index contributed by atoms with van der Waals surface area (Å²) in [6, 6.07) is 10.3. The lowest BCUT2D eigenvalue weighted by Gasteiger charge is -1.97. The van der Waals surface area contributed by atoms with Crippen molar-refractivity contribution in [3.05, 3.63) is 58.2 Å². The van der Waals surface area contributed by atoms with E-state index in [4.69, 9.17) is 15.1 Å². The lowest BCUT2D eigenvalue weighted by molar-refractivity contribution is 0.0663. The normalized spacial score (nSPS) is 9.33. The van der Waals surface area contributed by atoms with Gasteiger partial charge in [0.15, 0.2) is 0 Å². The molecular weight excluding hydrogens is 270 g/mol. The van der Waals surface area contributed by atoms with Crippen molar-refractivity contribution in [2.24, 2.45) is 5.11 Å². The molecule has 0 saturated carbocycles. The summed E-state index contributed by atoms with van der Waals surface area (Å²) in [6.07, 6.45) is 0.506. The summed E-state index contributed by atoms with van der Waals surface area (Å²) in [6.45, 7) is 0.353. The SMILES string of the molecule is [N-]=[N+]=NCCC#Cc1ccc(-c2ccc(C(=O)O)o2)cc1. The molecule has 104 valence electrons. The van der Waals surface area contributed by atoms with Crippen LogP contribution in [0.5, 0.6) is 0 Å². The average molecular weight is 281 g/mol. The van der Waals surface area contributed by atoms with E-state index in [1.807, 2.05) is 24.3 Å². The Morgan fingerprint density at radius 2 is 2.05 bits per heavy atom. The molecule has 0 atom stereocenters. The van der Waals surface area contributed by atoms with Crippen molar-refractivity contribution < 1.29 is 14.3 Å². The molecule has 0 unspecified atom stereocenters. The fourth-order valence-electron chi connectivity index (χ4n) is 1.64. The molecule has 0 aliphatic heterocycles. The first kappa shape index (κ1) is 14.3. The quantitative estimate of drug-likeness (QED) is 0.304. The summed E-state index contributed by atoms with van der Waals surface area (Å²) in [5, 5.41) is 12.2. The number of hydrogen-bond acceptors (Lipinski definition) is 3. The molecule has 1 aromatic carbocycles. The van der Waals surface area contributed by atoms with E-state index in [0.717, 1.165) is 11.1 Å². The molecule has 0 spiro atoms. The van der Waals surface area contributed by atoms with Gasteiger partial charge in [-0.2, -0.15) is 0 Å². The molecule has 0 amide bonds. The van der Waals surface area contributed by atoms with Gasteiger partial charge in [0, 0.05) is 29.0 Å². The van der Waals surface area contributed by atoms with E-state index in [1.165, 1.54) is 6.07 Å². The van der Waals surface area contributed by atoms with E-state index in [1.54, 1.807) is 6.07 Å². The first-order valence-corrected chi connectivity index (χ1v) is 6.14. The van der Waals surface area contributed by atoms with Gasteiger partial charge in [-0.15, -0.1) is 0 Å². The molecule has 0 aliphatic carbocycles. The topological polar surface area (TPSA) is 99.2 Å². The van der Waals surface area contributed by atoms with Gasteiger partial charge in [-0.1, -0.05) is 29.1 Å². The minimum atomic E-state index is -1.09. The van der Waals surface area contributed by atoms with E-state index in [-0.39, 0.29) is 5.76 Å². The van der Waals surface area contributed by atoms with E-state index < -0.39 is 5.97 Å². The molecule has 0 bridgehead atoms. The molecular formula is C15H11N3O3. The second kappa shape index (κ2) is 6.85. The van der Waals surface area contributed by atoms with Crippen molar-refractivity contribution in [2.75, 3.05) is 6.54 Å². The zero-order chi connectivity index (χ0) is 15.1. The second-order valence-corrected chi connectivity index (χ2v) is 4.05. The average Bonchev–Trinajstić information content (AvgIpc) is 2.98. The van der Waals surface area contributed by atoms with Crippen LogP contribution < -0.4 is 0 Å². The summed E-state index contributed by atoms with van der Waals surface area (Å²) < 4.78 is 5.21. The Kier molecular flexibility index (Phi) is 4.65. The number of carbonyl (C=O) groups is 1. The Bertz CT molecular complexity index is 744. The van der Waals surface area contributed by atoms with Gasteiger partial charge >= 0.3 is 5.97 Å². The van der Waals surface area contributed by atoms with E-state index >= 15 is 0 Å². The van der Waals surface area contributed by atoms with Crippen molar-refractivity contribution in [3.63, 3.8) is 0 Å². The molecule has 1 N–H and O–H groups in total. The zero-order valence-corrected chi connectivity index (χ0v) is 11.0. The van der Waals surface area contributed by atoms with Crippen LogP contribution in [0.3, 0.4) is 0 Å². The standard InChI is InChI=1S/C15H11N3O3/c16-18-17-10-2-1-3-11-4-6-12(7-5-11)13-8-9-14(21-13)15(19)20/h4-9H,2,10H2,(H,19,20). The fourth-order valence-corrected chi connectivity index (χ4v) is 1.64. The van der Waals surface area contributed by atoms with Crippen molar-refractivity contribution >= 4 is 5.97 Å². The monoisotopic (exact) mass is 281 g/mol.